The van der Waals surface area contributed by atoms with Crippen molar-refractivity contribution in [2.45, 2.75) is 119 Å². The van der Waals surface area contributed by atoms with Crippen LogP contribution in [-0.2, 0) is 44.9 Å². The standard InChI is InChI=1S/C36H54N4O9/c1-22(2)30(39-27(41)12-10-9-11-19-40-28(42)20-25(33(40)47)35(3,4)5)32(46)38-26(17-18-29(43)44)31(45)37-24-15-13-23(14-16-24)21-49-34(48)36(6,7)8/h13-16,22,25-26,30H,9-12,17-21H2,1-8H3,(H,37,45)(H,38,46)(H,39,41)(H,43,44)/t25?,26-,30-/m0/s1. The van der Waals surface area contributed by atoms with Crippen LogP contribution in [-0.4, -0.2) is 70.1 Å². The van der Waals surface area contributed by atoms with Gasteiger partial charge in [0, 0.05) is 31.5 Å². The lowest BCUT2D eigenvalue weighted by molar-refractivity contribution is -0.154. The molecule has 13 nitrogen and oxygen atoms in total. The van der Waals surface area contributed by atoms with Gasteiger partial charge in [-0.2, -0.15) is 0 Å². The van der Waals surface area contributed by atoms with Gasteiger partial charge in [0.05, 0.1) is 11.3 Å². The topological polar surface area (TPSA) is 188 Å². The van der Waals surface area contributed by atoms with Crippen LogP contribution in [0.15, 0.2) is 24.3 Å². The summed E-state index contributed by atoms with van der Waals surface area (Å²) in [6.07, 6.45) is 1.43. The van der Waals surface area contributed by atoms with Gasteiger partial charge in [0.25, 0.3) is 0 Å². The summed E-state index contributed by atoms with van der Waals surface area (Å²) in [7, 11) is 0. The van der Waals surface area contributed by atoms with Gasteiger partial charge in [-0.05, 0) is 69.1 Å². The maximum Gasteiger partial charge on any atom is 0.311 e. The van der Waals surface area contributed by atoms with Crippen LogP contribution in [0.4, 0.5) is 5.69 Å². The molecule has 0 bridgehead atoms. The maximum absolute atomic E-state index is 13.3. The Bertz CT molecular complexity index is 1360. The molecule has 0 spiro atoms. The Morgan fingerprint density at radius 3 is 2.06 bits per heavy atom. The van der Waals surface area contributed by atoms with Crippen LogP contribution in [0, 0.1) is 22.7 Å². The number of hydrogen-bond acceptors (Lipinski definition) is 8. The molecule has 3 atom stereocenters. The minimum Gasteiger partial charge on any atom is -0.481 e. The minimum absolute atomic E-state index is 0.0581. The van der Waals surface area contributed by atoms with Crippen LogP contribution < -0.4 is 16.0 Å². The van der Waals surface area contributed by atoms with Crippen molar-refractivity contribution in [1.29, 1.82) is 0 Å². The first-order valence-corrected chi connectivity index (χ1v) is 16.9. The summed E-state index contributed by atoms with van der Waals surface area (Å²) in [6.45, 7) is 14.9. The largest absolute Gasteiger partial charge is 0.481 e. The minimum atomic E-state index is -1.19. The highest BCUT2D eigenvalue weighted by Gasteiger charge is 2.44. The van der Waals surface area contributed by atoms with Gasteiger partial charge in [-0.1, -0.05) is 53.2 Å². The lowest BCUT2D eigenvalue weighted by Gasteiger charge is -2.25. The molecular formula is C36H54N4O9. The molecule has 0 saturated carbocycles. The van der Waals surface area contributed by atoms with Gasteiger partial charge in [-0.3, -0.25) is 38.5 Å². The summed E-state index contributed by atoms with van der Waals surface area (Å²) in [4.78, 5) is 88.9. The van der Waals surface area contributed by atoms with E-state index in [0.717, 1.165) is 0 Å². The number of rotatable bonds is 17. The Kier molecular flexibility index (Phi) is 14.9. The number of esters is 1. The van der Waals surface area contributed by atoms with Crippen molar-refractivity contribution in [1.82, 2.24) is 15.5 Å². The average Bonchev–Trinajstić information content (AvgIpc) is 3.29. The maximum atomic E-state index is 13.3. The van der Waals surface area contributed by atoms with Gasteiger partial charge >= 0.3 is 11.9 Å². The Morgan fingerprint density at radius 1 is 0.898 bits per heavy atom. The first-order chi connectivity index (χ1) is 22.7. The van der Waals surface area contributed by atoms with E-state index in [1.54, 1.807) is 58.9 Å². The average molecular weight is 687 g/mol. The summed E-state index contributed by atoms with van der Waals surface area (Å²) in [5, 5.41) is 17.3. The van der Waals surface area contributed by atoms with E-state index in [1.807, 2.05) is 20.8 Å². The summed E-state index contributed by atoms with van der Waals surface area (Å²) in [5.41, 5.74) is 0.161. The summed E-state index contributed by atoms with van der Waals surface area (Å²) in [6, 6.07) is 4.40. The van der Waals surface area contributed by atoms with Crippen molar-refractivity contribution in [3.8, 4) is 0 Å². The van der Waals surface area contributed by atoms with Crippen LogP contribution in [0.5, 0.6) is 0 Å². The lowest BCUT2D eigenvalue weighted by Crippen LogP contribution is -2.54. The number of carboxylic acid groups (broad SMARTS) is 1. The molecule has 0 aliphatic carbocycles. The molecule has 4 N–H and O–H groups in total. The van der Waals surface area contributed by atoms with Gasteiger partial charge < -0.3 is 25.8 Å². The van der Waals surface area contributed by atoms with E-state index >= 15 is 0 Å². The van der Waals surface area contributed by atoms with Crippen LogP contribution in [0.3, 0.4) is 0 Å². The first kappa shape index (κ1) is 40.9. The fourth-order valence-corrected chi connectivity index (χ4v) is 5.18. The molecule has 2 rings (SSSR count). The van der Waals surface area contributed by atoms with E-state index in [0.29, 0.717) is 37.1 Å². The highest BCUT2D eigenvalue weighted by Crippen LogP contribution is 2.35. The number of anilines is 1. The zero-order valence-corrected chi connectivity index (χ0v) is 30.1. The Balaban J connectivity index is 1.92. The molecular weight excluding hydrogens is 632 g/mol. The third kappa shape index (κ3) is 13.3. The van der Waals surface area contributed by atoms with Crippen LogP contribution in [0.1, 0.15) is 106 Å². The molecule has 1 heterocycles. The van der Waals surface area contributed by atoms with Crippen molar-refractivity contribution in [2.75, 3.05) is 11.9 Å². The molecule has 1 fully saturated rings. The molecule has 1 aromatic carbocycles. The molecule has 1 aliphatic heterocycles. The predicted octanol–water partition coefficient (Wildman–Crippen LogP) is 4.19. The number of ether oxygens (including phenoxy) is 1. The number of benzene rings is 1. The Morgan fingerprint density at radius 2 is 1.53 bits per heavy atom. The molecule has 1 aromatic rings. The molecule has 0 radical (unpaired) electrons. The van der Waals surface area contributed by atoms with E-state index in [9.17, 15) is 38.7 Å². The highest BCUT2D eigenvalue weighted by atomic mass is 16.5. The summed E-state index contributed by atoms with van der Waals surface area (Å²) in [5.74, 6) is -4.08. The number of hydrogen-bond donors (Lipinski definition) is 4. The van der Waals surface area contributed by atoms with E-state index in [1.165, 1.54) is 4.90 Å². The van der Waals surface area contributed by atoms with Crippen molar-refractivity contribution >= 4 is 47.2 Å². The number of unbranched alkanes of at least 4 members (excludes halogenated alkanes) is 2. The van der Waals surface area contributed by atoms with Gasteiger partial charge in [0.15, 0.2) is 0 Å². The second-order valence-electron chi connectivity index (χ2n) is 15.1. The molecule has 0 aromatic heterocycles. The van der Waals surface area contributed by atoms with Crippen molar-refractivity contribution in [3.63, 3.8) is 0 Å². The molecule has 272 valence electrons. The molecule has 1 saturated heterocycles. The third-order valence-electron chi connectivity index (χ3n) is 8.32. The van der Waals surface area contributed by atoms with E-state index in [-0.39, 0.29) is 73.2 Å². The zero-order chi connectivity index (χ0) is 37.1. The zero-order valence-electron chi connectivity index (χ0n) is 30.1. The number of nitrogens with zero attached hydrogens (tertiary/aromatic N) is 1. The second kappa shape index (κ2) is 17.9. The number of carboxylic acids is 1. The second-order valence-corrected chi connectivity index (χ2v) is 15.1. The quantitative estimate of drug-likeness (QED) is 0.106. The highest BCUT2D eigenvalue weighted by molar-refractivity contribution is 6.04. The van der Waals surface area contributed by atoms with Gasteiger partial charge in [-0.15, -0.1) is 0 Å². The Labute approximate surface area is 289 Å². The van der Waals surface area contributed by atoms with E-state index in [2.05, 4.69) is 16.0 Å². The number of imide groups is 1. The molecule has 49 heavy (non-hydrogen) atoms. The number of aliphatic carboxylic acids is 1. The van der Waals surface area contributed by atoms with Crippen LogP contribution >= 0.6 is 0 Å². The molecule has 5 amide bonds. The van der Waals surface area contributed by atoms with E-state index in [4.69, 9.17) is 4.74 Å². The number of nitrogens with one attached hydrogen (secondary N) is 3. The number of carbonyl (C=O) groups is 7. The Hall–Kier alpha value is -4.29. The summed E-state index contributed by atoms with van der Waals surface area (Å²) >= 11 is 0. The fourth-order valence-electron chi connectivity index (χ4n) is 5.18. The fraction of sp³-hybridized carbons (Fsp3) is 0.639. The first-order valence-electron chi connectivity index (χ1n) is 16.9. The van der Waals surface area contributed by atoms with Crippen LogP contribution in [0.2, 0.25) is 0 Å². The molecule has 1 aliphatic rings. The monoisotopic (exact) mass is 686 g/mol. The number of amides is 5. The summed E-state index contributed by atoms with van der Waals surface area (Å²) < 4.78 is 5.31. The van der Waals surface area contributed by atoms with E-state index < -0.39 is 35.3 Å². The van der Waals surface area contributed by atoms with Crippen molar-refractivity contribution in [2.24, 2.45) is 22.7 Å². The van der Waals surface area contributed by atoms with Crippen LogP contribution in [0.25, 0.3) is 0 Å². The normalized spacial score (nSPS) is 16.3. The number of likely N-dealkylation sites (tertiary alicyclic amines) is 1. The van der Waals surface area contributed by atoms with Crippen molar-refractivity contribution in [3.05, 3.63) is 29.8 Å². The SMILES string of the molecule is CC(C)[C@H](NC(=O)CCCCCN1C(=O)CC(C(C)(C)C)C1=O)C(=O)N[C@@H](CCC(=O)O)C(=O)Nc1ccc(COC(=O)C(C)(C)C)cc1. The predicted molar refractivity (Wildman–Crippen MR) is 183 cm³/mol. The van der Waals surface area contributed by atoms with Gasteiger partial charge in [0.1, 0.15) is 18.7 Å². The number of carbonyl (C=O) groups excluding carboxylic acids is 6. The smallest absolute Gasteiger partial charge is 0.311 e. The van der Waals surface area contributed by atoms with Crippen molar-refractivity contribution < 1.29 is 43.4 Å². The third-order valence-corrected chi connectivity index (χ3v) is 8.32. The molecule has 1 unspecified atom stereocenters. The van der Waals surface area contributed by atoms with Gasteiger partial charge in [0.2, 0.25) is 29.5 Å². The van der Waals surface area contributed by atoms with Gasteiger partial charge in [-0.25, -0.2) is 0 Å². The lowest BCUT2D eigenvalue weighted by atomic mass is 9.80. The molecule has 13 heteroatoms.